The Bertz CT molecular complexity index is 649. The zero-order valence-corrected chi connectivity index (χ0v) is 10.4. The zero-order valence-electron chi connectivity index (χ0n) is 10.4. The van der Waals surface area contributed by atoms with Gasteiger partial charge in [-0.15, -0.1) is 0 Å². The van der Waals surface area contributed by atoms with Crippen LogP contribution >= 0.6 is 0 Å². The minimum absolute atomic E-state index is 0.272. The molecule has 7 heteroatoms. The van der Waals surface area contributed by atoms with E-state index in [2.05, 4.69) is 4.98 Å². The highest BCUT2D eigenvalue weighted by molar-refractivity contribution is 5.66. The third-order valence-electron chi connectivity index (χ3n) is 3.18. The monoisotopic (exact) mass is 283 g/mol. The normalized spacial score (nSPS) is 14.2. The highest BCUT2D eigenvalue weighted by Gasteiger charge is 2.35. The van der Waals surface area contributed by atoms with Gasteiger partial charge in [-0.25, -0.2) is 4.98 Å². The van der Waals surface area contributed by atoms with Gasteiger partial charge in [0.25, 0.3) is 0 Å². The number of aromatic nitrogens is 2. The fourth-order valence-corrected chi connectivity index (χ4v) is 2.19. The molecule has 0 spiro atoms. The van der Waals surface area contributed by atoms with E-state index in [1.54, 1.807) is 18.2 Å². The zero-order chi connectivity index (χ0) is 14.3. The van der Waals surface area contributed by atoms with E-state index in [9.17, 15) is 13.2 Å². The van der Waals surface area contributed by atoms with Crippen molar-refractivity contribution in [2.24, 2.45) is 5.73 Å². The molecule has 0 aliphatic carbocycles. The van der Waals surface area contributed by atoms with Gasteiger partial charge in [0.15, 0.2) is 5.69 Å². The summed E-state index contributed by atoms with van der Waals surface area (Å²) in [6.45, 7) is 0.964. The van der Waals surface area contributed by atoms with Crippen LogP contribution < -0.4 is 10.5 Å². The molecule has 2 aromatic rings. The number of hydrogen-bond acceptors (Lipinski definition) is 3. The summed E-state index contributed by atoms with van der Waals surface area (Å²) >= 11 is 0. The summed E-state index contributed by atoms with van der Waals surface area (Å²) in [6, 6.07) is 5.20. The molecule has 3 rings (SSSR count). The predicted octanol–water partition coefficient (Wildman–Crippen LogP) is 2.42. The summed E-state index contributed by atoms with van der Waals surface area (Å²) in [7, 11) is 0. The molecule has 0 saturated heterocycles. The Balaban J connectivity index is 2.14. The first kappa shape index (κ1) is 13.0. The SMILES string of the molecule is NCc1ccc2c(c1)OCCn1cc(C(F)(F)F)nc1-2. The maximum atomic E-state index is 12.7. The lowest BCUT2D eigenvalue weighted by Crippen LogP contribution is -2.07. The van der Waals surface area contributed by atoms with Gasteiger partial charge in [-0.3, -0.25) is 0 Å². The predicted molar refractivity (Wildman–Crippen MR) is 66.1 cm³/mol. The minimum Gasteiger partial charge on any atom is -0.491 e. The number of imidazole rings is 1. The number of benzene rings is 1. The van der Waals surface area contributed by atoms with Crippen LogP contribution in [0.15, 0.2) is 24.4 Å². The minimum atomic E-state index is -4.45. The van der Waals surface area contributed by atoms with Crippen molar-refractivity contribution in [2.75, 3.05) is 6.61 Å². The van der Waals surface area contributed by atoms with Gasteiger partial charge >= 0.3 is 6.18 Å². The first-order valence-electron chi connectivity index (χ1n) is 6.09. The van der Waals surface area contributed by atoms with E-state index in [0.29, 0.717) is 31.0 Å². The smallest absolute Gasteiger partial charge is 0.434 e. The van der Waals surface area contributed by atoms with E-state index in [4.69, 9.17) is 10.5 Å². The summed E-state index contributed by atoms with van der Waals surface area (Å²) in [6.07, 6.45) is -3.43. The van der Waals surface area contributed by atoms with Gasteiger partial charge in [0.2, 0.25) is 0 Å². The van der Waals surface area contributed by atoms with Gasteiger partial charge in [-0.1, -0.05) is 6.07 Å². The summed E-state index contributed by atoms with van der Waals surface area (Å²) in [5, 5.41) is 0. The first-order valence-corrected chi connectivity index (χ1v) is 6.09. The second kappa shape index (κ2) is 4.52. The molecule has 0 unspecified atom stereocenters. The molecular weight excluding hydrogens is 271 g/mol. The highest BCUT2D eigenvalue weighted by Crippen LogP contribution is 2.36. The summed E-state index contributed by atoms with van der Waals surface area (Å²) in [4.78, 5) is 3.71. The van der Waals surface area contributed by atoms with Crippen molar-refractivity contribution in [1.82, 2.24) is 9.55 Å². The highest BCUT2D eigenvalue weighted by atomic mass is 19.4. The Kier molecular flexibility index (Phi) is 2.93. The quantitative estimate of drug-likeness (QED) is 0.874. The van der Waals surface area contributed by atoms with Gasteiger partial charge in [-0.2, -0.15) is 13.2 Å². The number of rotatable bonds is 1. The maximum absolute atomic E-state index is 12.7. The summed E-state index contributed by atoms with van der Waals surface area (Å²) < 4.78 is 45.3. The van der Waals surface area contributed by atoms with Gasteiger partial charge in [0.05, 0.1) is 12.1 Å². The van der Waals surface area contributed by atoms with Gasteiger partial charge in [0.1, 0.15) is 18.2 Å². The van der Waals surface area contributed by atoms with E-state index in [0.717, 1.165) is 11.8 Å². The largest absolute Gasteiger partial charge is 0.491 e. The summed E-state index contributed by atoms with van der Waals surface area (Å²) in [5.41, 5.74) is 6.08. The molecule has 1 aliphatic rings. The molecule has 106 valence electrons. The number of ether oxygens (including phenoxy) is 1. The molecule has 2 heterocycles. The van der Waals surface area contributed by atoms with E-state index < -0.39 is 11.9 Å². The van der Waals surface area contributed by atoms with Crippen LogP contribution in [0.1, 0.15) is 11.3 Å². The molecule has 4 nitrogen and oxygen atoms in total. The van der Waals surface area contributed by atoms with Gasteiger partial charge < -0.3 is 15.0 Å². The first-order chi connectivity index (χ1) is 9.49. The van der Waals surface area contributed by atoms with Crippen molar-refractivity contribution in [1.29, 1.82) is 0 Å². The fraction of sp³-hybridized carbons (Fsp3) is 0.308. The number of halogens is 3. The number of alkyl halides is 3. The Morgan fingerprint density at radius 2 is 2.15 bits per heavy atom. The van der Waals surface area contributed by atoms with E-state index in [1.807, 2.05) is 0 Å². The van der Waals surface area contributed by atoms with Crippen LogP contribution in [0, 0.1) is 0 Å². The molecule has 0 bridgehead atoms. The Morgan fingerprint density at radius 1 is 1.35 bits per heavy atom. The van der Waals surface area contributed by atoms with Crippen LogP contribution in [-0.4, -0.2) is 16.2 Å². The van der Waals surface area contributed by atoms with Crippen molar-refractivity contribution < 1.29 is 17.9 Å². The molecule has 0 amide bonds. The molecule has 0 fully saturated rings. The molecule has 0 saturated carbocycles. The Hall–Kier alpha value is -2.02. The van der Waals surface area contributed by atoms with Crippen molar-refractivity contribution in [2.45, 2.75) is 19.3 Å². The lowest BCUT2D eigenvalue weighted by atomic mass is 10.1. The lowest BCUT2D eigenvalue weighted by Gasteiger charge is -2.08. The number of fused-ring (bicyclic) bond motifs is 3. The van der Waals surface area contributed by atoms with Crippen LogP contribution in [0.25, 0.3) is 11.4 Å². The second-order valence-electron chi connectivity index (χ2n) is 4.52. The number of nitrogens with zero attached hydrogens (tertiary/aromatic N) is 2. The lowest BCUT2D eigenvalue weighted by molar-refractivity contribution is -0.140. The molecular formula is C13H12F3N3O. The third-order valence-corrected chi connectivity index (χ3v) is 3.18. The fourth-order valence-electron chi connectivity index (χ4n) is 2.19. The molecule has 1 aromatic carbocycles. The average molecular weight is 283 g/mol. The number of nitrogens with two attached hydrogens (primary N) is 1. The molecule has 20 heavy (non-hydrogen) atoms. The van der Waals surface area contributed by atoms with Crippen LogP contribution in [0.4, 0.5) is 13.2 Å². The van der Waals surface area contributed by atoms with Crippen LogP contribution in [0.2, 0.25) is 0 Å². The standard InChI is InChI=1S/C13H12F3N3O/c14-13(15,16)11-7-19-3-4-20-10-5-8(6-17)1-2-9(10)12(19)18-11/h1-2,5,7H,3-4,6,17H2. The van der Waals surface area contributed by atoms with Crippen molar-refractivity contribution in [3.63, 3.8) is 0 Å². The van der Waals surface area contributed by atoms with Crippen molar-refractivity contribution in [3.05, 3.63) is 35.7 Å². The van der Waals surface area contributed by atoms with Gasteiger partial charge in [-0.05, 0) is 17.7 Å². The van der Waals surface area contributed by atoms with Crippen LogP contribution in [-0.2, 0) is 19.3 Å². The molecule has 1 aliphatic heterocycles. The third kappa shape index (κ3) is 2.14. The van der Waals surface area contributed by atoms with Crippen molar-refractivity contribution >= 4 is 0 Å². The van der Waals surface area contributed by atoms with Gasteiger partial charge in [0, 0.05) is 12.7 Å². The van der Waals surface area contributed by atoms with E-state index >= 15 is 0 Å². The Morgan fingerprint density at radius 3 is 2.85 bits per heavy atom. The van der Waals surface area contributed by atoms with E-state index in [1.165, 1.54) is 4.57 Å². The second-order valence-corrected chi connectivity index (χ2v) is 4.52. The maximum Gasteiger partial charge on any atom is 0.434 e. The summed E-state index contributed by atoms with van der Waals surface area (Å²) in [5.74, 6) is 0.791. The molecule has 0 atom stereocenters. The van der Waals surface area contributed by atoms with Crippen LogP contribution in [0.3, 0.4) is 0 Å². The molecule has 0 radical (unpaired) electrons. The van der Waals surface area contributed by atoms with E-state index in [-0.39, 0.29) is 5.82 Å². The topological polar surface area (TPSA) is 53.1 Å². The Labute approximate surface area is 113 Å². The molecule has 2 N–H and O–H groups in total. The van der Waals surface area contributed by atoms with Crippen LogP contribution in [0.5, 0.6) is 5.75 Å². The van der Waals surface area contributed by atoms with Crippen molar-refractivity contribution in [3.8, 4) is 17.1 Å². The average Bonchev–Trinajstić information content (AvgIpc) is 2.76. The number of hydrogen-bond donors (Lipinski definition) is 1. The molecule has 1 aromatic heterocycles.